The van der Waals surface area contributed by atoms with Gasteiger partial charge in [0, 0.05) is 17.2 Å². The van der Waals surface area contributed by atoms with E-state index in [0.717, 1.165) is 6.08 Å². The minimum Gasteiger partial charge on any atom is -0.496 e. The van der Waals surface area contributed by atoms with E-state index in [0.29, 0.717) is 16.9 Å². The number of amides is 1. The number of primary amides is 1. The number of rotatable bonds is 4. The molecule has 0 radical (unpaired) electrons. The lowest BCUT2D eigenvalue weighted by Crippen LogP contribution is -2.08. The number of carboxylic acids is 1. The lowest BCUT2D eigenvalue weighted by Gasteiger charge is -2.04. The fraction of sp³-hybridized carbons (Fsp3) is 0.143. The first-order chi connectivity index (χ1) is 9.02. The highest BCUT2D eigenvalue weighted by molar-refractivity contribution is 5.86. The van der Waals surface area contributed by atoms with Crippen molar-refractivity contribution in [3.05, 3.63) is 35.4 Å². The van der Waals surface area contributed by atoms with Gasteiger partial charge in [0.2, 0.25) is 5.91 Å². The molecular weight excluding hydrogens is 246 g/mol. The zero-order valence-corrected chi connectivity index (χ0v) is 10.3. The van der Waals surface area contributed by atoms with Crippen molar-refractivity contribution in [3.63, 3.8) is 0 Å². The molecule has 3 N–H and O–H groups in total. The van der Waals surface area contributed by atoms with Gasteiger partial charge in [0.05, 0.1) is 13.5 Å². The van der Waals surface area contributed by atoms with E-state index in [1.165, 1.54) is 13.2 Å². The van der Waals surface area contributed by atoms with Crippen LogP contribution < -0.4 is 10.5 Å². The van der Waals surface area contributed by atoms with Gasteiger partial charge in [-0.2, -0.15) is 0 Å². The number of hydrogen-bond donors (Lipinski definition) is 2. The molecule has 0 aliphatic rings. The van der Waals surface area contributed by atoms with Gasteiger partial charge in [0.15, 0.2) is 0 Å². The average Bonchev–Trinajstić information content (AvgIpc) is 2.36. The van der Waals surface area contributed by atoms with E-state index in [1.54, 1.807) is 18.2 Å². The predicted octanol–water partition coefficient (Wildman–Crippen LogP) is 1.02. The lowest BCUT2D eigenvalue weighted by atomic mass is 10.1. The molecule has 1 rings (SSSR count). The van der Waals surface area contributed by atoms with Crippen LogP contribution in [0.25, 0.3) is 6.08 Å². The van der Waals surface area contributed by atoms with Crippen LogP contribution in [0.2, 0.25) is 0 Å². The second-order valence-corrected chi connectivity index (χ2v) is 3.57. The second-order valence-electron chi connectivity index (χ2n) is 3.57. The van der Waals surface area contributed by atoms with E-state index in [-0.39, 0.29) is 6.42 Å². The maximum absolute atomic E-state index is 10.6. The standard InChI is InChI=1S/C14H13NO4/c1-19-12-7-5-10(3-2-4-13(15)16)9-11(12)6-8-14(17)18/h5-9H,4H2,1H3,(H2,15,16)(H,17,18)/b8-6+. The van der Waals surface area contributed by atoms with E-state index < -0.39 is 11.9 Å². The molecule has 19 heavy (non-hydrogen) atoms. The molecule has 0 aliphatic carbocycles. The zero-order valence-electron chi connectivity index (χ0n) is 10.3. The normalized spacial score (nSPS) is 9.74. The van der Waals surface area contributed by atoms with Crippen molar-refractivity contribution in [1.82, 2.24) is 0 Å². The van der Waals surface area contributed by atoms with E-state index in [2.05, 4.69) is 11.8 Å². The number of hydrogen-bond acceptors (Lipinski definition) is 3. The summed E-state index contributed by atoms with van der Waals surface area (Å²) in [6, 6.07) is 5.06. The average molecular weight is 259 g/mol. The molecule has 0 saturated carbocycles. The maximum atomic E-state index is 10.6. The van der Waals surface area contributed by atoms with Crippen molar-refractivity contribution in [2.45, 2.75) is 6.42 Å². The Hall–Kier alpha value is -2.74. The Labute approximate surface area is 110 Å². The summed E-state index contributed by atoms with van der Waals surface area (Å²) < 4.78 is 5.11. The first-order valence-electron chi connectivity index (χ1n) is 5.39. The number of ether oxygens (including phenoxy) is 1. The molecule has 0 saturated heterocycles. The molecule has 0 heterocycles. The third kappa shape index (κ3) is 4.96. The van der Waals surface area contributed by atoms with Crippen LogP contribution in [-0.2, 0) is 9.59 Å². The summed E-state index contributed by atoms with van der Waals surface area (Å²) in [4.78, 5) is 21.1. The van der Waals surface area contributed by atoms with E-state index in [9.17, 15) is 9.59 Å². The molecule has 0 aliphatic heterocycles. The molecule has 0 aromatic heterocycles. The SMILES string of the molecule is COc1ccc(C#CCC(N)=O)cc1/C=C/C(=O)O. The van der Waals surface area contributed by atoms with Gasteiger partial charge in [0.25, 0.3) is 0 Å². The van der Waals surface area contributed by atoms with Crippen LogP contribution in [0, 0.1) is 11.8 Å². The molecule has 5 heteroatoms. The van der Waals surface area contributed by atoms with Gasteiger partial charge in [-0.1, -0.05) is 11.8 Å². The third-order valence-electron chi connectivity index (χ3n) is 2.13. The Balaban J connectivity index is 3.03. The van der Waals surface area contributed by atoms with Crippen LogP contribution in [0.3, 0.4) is 0 Å². The molecule has 98 valence electrons. The van der Waals surface area contributed by atoms with Gasteiger partial charge >= 0.3 is 5.97 Å². The van der Waals surface area contributed by atoms with Crippen molar-refractivity contribution < 1.29 is 19.4 Å². The minimum atomic E-state index is -1.05. The summed E-state index contributed by atoms with van der Waals surface area (Å²) in [5.74, 6) is 4.39. The van der Waals surface area contributed by atoms with Gasteiger partial charge in [-0.15, -0.1) is 0 Å². The molecule has 0 atom stereocenters. The minimum absolute atomic E-state index is 0.0215. The highest BCUT2D eigenvalue weighted by Gasteiger charge is 2.01. The third-order valence-corrected chi connectivity index (χ3v) is 2.13. The van der Waals surface area contributed by atoms with Gasteiger partial charge in [-0.25, -0.2) is 4.79 Å². The van der Waals surface area contributed by atoms with Gasteiger partial charge in [-0.05, 0) is 24.3 Å². The number of carbonyl (C=O) groups is 2. The van der Waals surface area contributed by atoms with Crippen LogP contribution in [0.5, 0.6) is 5.75 Å². The van der Waals surface area contributed by atoms with Crippen molar-refractivity contribution in [2.75, 3.05) is 7.11 Å². The Morgan fingerprint density at radius 3 is 2.79 bits per heavy atom. The number of nitrogens with two attached hydrogens (primary N) is 1. The predicted molar refractivity (Wildman–Crippen MR) is 70.4 cm³/mol. The van der Waals surface area contributed by atoms with Gasteiger partial charge in [0.1, 0.15) is 5.75 Å². The fourth-order valence-corrected chi connectivity index (χ4v) is 1.34. The number of carboxylic acid groups (broad SMARTS) is 1. The Morgan fingerprint density at radius 2 is 2.21 bits per heavy atom. The van der Waals surface area contributed by atoms with Gasteiger partial charge < -0.3 is 15.6 Å². The van der Waals surface area contributed by atoms with Crippen LogP contribution in [0.4, 0.5) is 0 Å². The topological polar surface area (TPSA) is 89.6 Å². The molecule has 0 unspecified atom stereocenters. The van der Waals surface area contributed by atoms with Crippen molar-refractivity contribution in [2.24, 2.45) is 5.73 Å². The van der Waals surface area contributed by atoms with Crippen LogP contribution in [0.15, 0.2) is 24.3 Å². The highest BCUT2D eigenvalue weighted by atomic mass is 16.5. The van der Waals surface area contributed by atoms with E-state index >= 15 is 0 Å². The van der Waals surface area contributed by atoms with Crippen LogP contribution >= 0.6 is 0 Å². The molecule has 1 amide bonds. The smallest absolute Gasteiger partial charge is 0.328 e. The lowest BCUT2D eigenvalue weighted by molar-refractivity contribution is -0.131. The quantitative estimate of drug-likeness (QED) is 0.624. The van der Waals surface area contributed by atoms with E-state index in [1.807, 2.05) is 0 Å². The molecule has 0 fully saturated rings. The first kappa shape index (κ1) is 14.3. The second kappa shape index (κ2) is 6.87. The van der Waals surface area contributed by atoms with Gasteiger partial charge in [-0.3, -0.25) is 4.79 Å². The summed E-state index contributed by atoms with van der Waals surface area (Å²) in [5.41, 5.74) is 6.21. The number of methoxy groups -OCH3 is 1. The van der Waals surface area contributed by atoms with Crippen molar-refractivity contribution in [1.29, 1.82) is 0 Å². The van der Waals surface area contributed by atoms with Crippen molar-refractivity contribution in [3.8, 4) is 17.6 Å². The Kier molecular flexibility index (Phi) is 5.17. The molecule has 1 aromatic rings. The number of aliphatic carboxylic acids is 1. The van der Waals surface area contributed by atoms with E-state index in [4.69, 9.17) is 15.6 Å². The number of benzene rings is 1. The van der Waals surface area contributed by atoms with Crippen LogP contribution in [-0.4, -0.2) is 24.1 Å². The summed E-state index contributed by atoms with van der Waals surface area (Å²) >= 11 is 0. The molecule has 5 nitrogen and oxygen atoms in total. The highest BCUT2D eigenvalue weighted by Crippen LogP contribution is 2.21. The fourth-order valence-electron chi connectivity index (χ4n) is 1.34. The summed E-state index contributed by atoms with van der Waals surface area (Å²) in [5, 5.41) is 8.60. The van der Waals surface area contributed by atoms with Crippen LogP contribution in [0.1, 0.15) is 17.5 Å². The molecule has 0 spiro atoms. The summed E-state index contributed by atoms with van der Waals surface area (Å²) in [6.45, 7) is 0. The Morgan fingerprint density at radius 1 is 1.47 bits per heavy atom. The monoisotopic (exact) mass is 259 g/mol. The number of carbonyl (C=O) groups excluding carboxylic acids is 1. The molecule has 1 aromatic carbocycles. The maximum Gasteiger partial charge on any atom is 0.328 e. The largest absolute Gasteiger partial charge is 0.496 e. The Bertz CT molecular complexity index is 579. The molecule has 0 bridgehead atoms. The van der Waals surface area contributed by atoms with Crippen molar-refractivity contribution >= 4 is 18.0 Å². The zero-order chi connectivity index (χ0) is 14.3. The summed E-state index contributed by atoms with van der Waals surface area (Å²) in [7, 11) is 1.49. The first-order valence-corrected chi connectivity index (χ1v) is 5.39. The summed E-state index contributed by atoms with van der Waals surface area (Å²) in [6.07, 6.45) is 2.41. The molecular formula is C14H13NO4.